The summed E-state index contributed by atoms with van der Waals surface area (Å²) in [6.45, 7) is 0. The summed E-state index contributed by atoms with van der Waals surface area (Å²) in [7, 11) is 0. The van der Waals surface area contributed by atoms with Gasteiger partial charge in [-0.1, -0.05) is 164 Å². The molecule has 0 saturated heterocycles. The minimum atomic E-state index is 0.652. The topological polar surface area (TPSA) is 37.9 Å². The molecule has 3 nitrogen and oxygen atoms in total. The van der Waals surface area contributed by atoms with E-state index in [-0.39, 0.29) is 0 Å². The lowest BCUT2D eigenvalue weighted by Gasteiger charge is -2.08. The van der Waals surface area contributed by atoms with Gasteiger partial charge in [0.2, 0.25) is 0 Å². The summed E-state index contributed by atoms with van der Waals surface area (Å²) in [5.74, 6) is 0.672. The number of para-hydroxylation sites is 1. The number of rotatable bonds is 5. The number of furan rings is 1. The molecular formula is C49H32N2O. The standard InChI is InChI=1S/C49H32N2O/c1-2-10-32(11-3-1)35-20-24-36(25-21-35)41-16-8-17-42-47-43(18-9-19-46(47)52-48(41)42)49-50-44(39-26-22-33-12-4-6-14-37(33)30-39)28-29-45(51-49)40-27-23-34-13-5-7-15-38(34)31-40/h1-28,30-31H,29H2. The molecule has 0 saturated carbocycles. The fourth-order valence-corrected chi connectivity index (χ4v) is 7.49. The van der Waals surface area contributed by atoms with E-state index in [9.17, 15) is 0 Å². The number of hydrogen-bond acceptors (Lipinski definition) is 3. The highest BCUT2D eigenvalue weighted by molar-refractivity contribution is 6.24. The fraction of sp³-hybridized carbons (Fsp3) is 0.0204. The van der Waals surface area contributed by atoms with E-state index < -0.39 is 0 Å². The summed E-state index contributed by atoms with van der Waals surface area (Å²) in [6, 6.07) is 61.9. The highest BCUT2D eigenvalue weighted by Gasteiger charge is 2.20. The minimum absolute atomic E-state index is 0.652. The maximum Gasteiger partial charge on any atom is 0.160 e. The molecule has 52 heavy (non-hydrogen) atoms. The molecule has 0 bridgehead atoms. The first kappa shape index (κ1) is 30.0. The van der Waals surface area contributed by atoms with Crippen molar-refractivity contribution in [3.8, 4) is 22.3 Å². The second-order valence-electron chi connectivity index (χ2n) is 13.3. The quantitative estimate of drug-likeness (QED) is 0.180. The predicted octanol–water partition coefficient (Wildman–Crippen LogP) is 12.9. The Morgan fingerprint density at radius 3 is 1.79 bits per heavy atom. The van der Waals surface area contributed by atoms with Crippen molar-refractivity contribution >= 4 is 60.7 Å². The zero-order chi connectivity index (χ0) is 34.4. The van der Waals surface area contributed by atoms with E-state index in [1.165, 1.54) is 32.7 Å². The number of fused-ring (bicyclic) bond motifs is 5. The summed E-state index contributed by atoms with van der Waals surface area (Å²) in [5.41, 5.74) is 11.2. The van der Waals surface area contributed by atoms with Gasteiger partial charge in [0, 0.05) is 33.9 Å². The molecule has 0 fully saturated rings. The largest absolute Gasteiger partial charge is 0.455 e. The molecule has 0 spiro atoms. The van der Waals surface area contributed by atoms with Crippen LogP contribution in [0.25, 0.3) is 71.4 Å². The number of aliphatic imine (C=N–C) groups is 2. The Balaban J connectivity index is 1.14. The molecular weight excluding hydrogens is 633 g/mol. The SMILES string of the molecule is C1=C(c2ccc3ccccc3c2)N=C(c2cccc3oc4c(-c5ccc(-c6ccccc6)cc5)cccc4c23)N=C(c2ccc3ccccc3c2)C1. The van der Waals surface area contributed by atoms with Crippen LogP contribution in [0.15, 0.2) is 196 Å². The molecule has 1 aliphatic heterocycles. The Hall–Kier alpha value is -6.84. The number of nitrogens with zero attached hydrogens (tertiary/aromatic N) is 2. The van der Waals surface area contributed by atoms with Crippen LogP contribution in [0.2, 0.25) is 0 Å². The molecule has 2 heterocycles. The molecule has 1 aliphatic rings. The fourth-order valence-electron chi connectivity index (χ4n) is 7.49. The Kier molecular flexibility index (Phi) is 7.21. The maximum absolute atomic E-state index is 6.72. The van der Waals surface area contributed by atoms with Crippen LogP contribution in [0.5, 0.6) is 0 Å². The average molecular weight is 665 g/mol. The van der Waals surface area contributed by atoms with Gasteiger partial charge in [0.1, 0.15) is 11.2 Å². The third-order valence-electron chi connectivity index (χ3n) is 10.2. The molecule has 0 aliphatic carbocycles. The van der Waals surface area contributed by atoms with Crippen molar-refractivity contribution < 1.29 is 4.42 Å². The van der Waals surface area contributed by atoms with Crippen molar-refractivity contribution in [2.45, 2.75) is 6.42 Å². The first-order valence-electron chi connectivity index (χ1n) is 17.7. The number of benzene rings is 8. The van der Waals surface area contributed by atoms with Crippen molar-refractivity contribution in [2.75, 3.05) is 0 Å². The van der Waals surface area contributed by atoms with Crippen molar-refractivity contribution in [1.29, 1.82) is 0 Å². The normalized spacial score (nSPS) is 13.3. The zero-order valence-corrected chi connectivity index (χ0v) is 28.3. The first-order valence-corrected chi connectivity index (χ1v) is 17.7. The van der Waals surface area contributed by atoms with Gasteiger partial charge in [-0.25, -0.2) is 9.98 Å². The smallest absolute Gasteiger partial charge is 0.160 e. The molecule has 0 amide bonds. The van der Waals surface area contributed by atoms with Gasteiger partial charge in [0.25, 0.3) is 0 Å². The lowest BCUT2D eigenvalue weighted by atomic mass is 9.98. The molecule has 9 aromatic rings. The lowest BCUT2D eigenvalue weighted by Crippen LogP contribution is -2.05. The lowest BCUT2D eigenvalue weighted by molar-refractivity contribution is 0.670. The van der Waals surface area contributed by atoms with Gasteiger partial charge in [-0.3, -0.25) is 0 Å². The highest BCUT2D eigenvalue weighted by atomic mass is 16.3. The number of hydrogen-bond donors (Lipinski definition) is 0. The van der Waals surface area contributed by atoms with Crippen molar-refractivity contribution in [3.63, 3.8) is 0 Å². The molecule has 10 rings (SSSR count). The molecule has 0 atom stereocenters. The minimum Gasteiger partial charge on any atom is -0.455 e. The van der Waals surface area contributed by atoms with E-state index in [1.807, 2.05) is 18.2 Å². The van der Waals surface area contributed by atoms with Crippen LogP contribution in [0.4, 0.5) is 0 Å². The van der Waals surface area contributed by atoms with Gasteiger partial charge in [-0.15, -0.1) is 0 Å². The summed E-state index contributed by atoms with van der Waals surface area (Å²) in [4.78, 5) is 10.8. The summed E-state index contributed by atoms with van der Waals surface area (Å²) < 4.78 is 6.72. The van der Waals surface area contributed by atoms with Gasteiger partial charge in [0.15, 0.2) is 5.84 Å². The molecule has 3 heteroatoms. The van der Waals surface area contributed by atoms with Crippen molar-refractivity contribution in [1.82, 2.24) is 0 Å². The maximum atomic E-state index is 6.72. The Labute approximate surface area is 301 Å². The number of amidine groups is 1. The van der Waals surface area contributed by atoms with Gasteiger partial charge in [0.05, 0.1) is 11.4 Å². The van der Waals surface area contributed by atoms with Crippen LogP contribution >= 0.6 is 0 Å². The van der Waals surface area contributed by atoms with Crippen LogP contribution in [-0.4, -0.2) is 11.5 Å². The van der Waals surface area contributed by atoms with E-state index in [0.29, 0.717) is 12.3 Å². The Morgan fingerprint density at radius 2 is 1.02 bits per heavy atom. The Bertz CT molecular complexity index is 2910. The Morgan fingerprint density at radius 1 is 0.423 bits per heavy atom. The number of allylic oxidation sites excluding steroid dienone is 1. The van der Waals surface area contributed by atoms with Crippen molar-refractivity contribution in [2.24, 2.45) is 9.98 Å². The van der Waals surface area contributed by atoms with E-state index in [0.717, 1.165) is 61.2 Å². The van der Waals surface area contributed by atoms with Crippen LogP contribution in [0.1, 0.15) is 23.1 Å². The average Bonchev–Trinajstić information content (AvgIpc) is 3.46. The summed E-state index contributed by atoms with van der Waals surface area (Å²) >= 11 is 0. The van der Waals surface area contributed by atoms with Crippen LogP contribution in [0.3, 0.4) is 0 Å². The second-order valence-corrected chi connectivity index (χ2v) is 13.3. The monoisotopic (exact) mass is 664 g/mol. The first-order chi connectivity index (χ1) is 25.7. The molecule has 0 N–H and O–H groups in total. The molecule has 244 valence electrons. The molecule has 0 unspecified atom stereocenters. The van der Waals surface area contributed by atoms with Gasteiger partial charge in [-0.05, 0) is 62.0 Å². The van der Waals surface area contributed by atoms with E-state index >= 15 is 0 Å². The highest BCUT2D eigenvalue weighted by Crippen LogP contribution is 2.39. The third-order valence-corrected chi connectivity index (χ3v) is 10.2. The van der Waals surface area contributed by atoms with E-state index in [4.69, 9.17) is 14.4 Å². The molecule has 1 aromatic heterocycles. The molecule has 0 radical (unpaired) electrons. The second kappa shape index (κ2) is 12.5. The van der Waals surface area contributed by atoms with Crippen LogP contribution in [-0.2, 0) is 0 Å². The van der Waals surface area contributed by atoms with Gasteiger partial charge < -0.3 is 4.42 Å². The summed E-state index contributed by atoms with van der Waals surface area (Å²) in [5, 5.41) is 6.85. The predicted molar refractivity (Wildman–Crippen MR) is 218 cm³/mol. The van der Waals surface area contributed by atoms with E-state index in [1.54, 1.807) is 0 Å². The van der Waals surface area contributed by atoms with Gasteiger partial charge in [-0.2, -0.15) is 0 Å². The summed E-state index contributed by atoms with van der Waals surface area (Å²) in [6.07, 6.45) is 2.87. The van der Waals surface area contributed by atoms with Crippen LogP contribution in [0, 0.1) is 0 Å². The third kappa shape index (κ3) is 5.31. The van der Waals surface area contributed by atoms with Crippen molar-refractivity contribution in [3.05, 3.63) is 199 Å². The zero-order valence-electron chi connectivity index (χ0n) is 28.3. The van der Waals surface area contributed by atoms with Gasteiger partial charge >= 0.3 is 0 Å². The van der Waals surface area contributed by atoms with Crippen LogP contribution < -0.4 is 0 Å². The molecule has 8 aromatic carbocycles. The van der Waals surface area contributed by atoms with E-state index in [2.05, 4.69) is 164 Å².